The van der Waals surface area contributed by atoms with E-state index in [2.05, 4.69) is 20.2 Å². The van der Waals surface area contributed by atoms with Crippen LogP contribution in [0.15, 0.2) is 12.4 Å². The fraction of sp³-hybridized carbons (Fsp3) is 0.636. The van der Waals surface area contributed by atoms with Gasteiger partial charge in [-0.25, -0.2) is 9.97 Å². The van der Waals surface area contributed by atoms with Gasteiger partial charge in [-0.15, -0.1) is 0 Å². The third-order valence-corrected chi connectivity index (χ3v) is 2.70. The van der Waals surface area contributed by atoms with Gasteiger partial charge in [-0.3, -0.25) is 0 Å². The summed E-state index contributed by atoms with van der Waals surface area (Å²) < 4.78 is 10.7. The first-order valence-corrected chi connectivity index (χ1v) is 5.70. The molecule has 6 nitrogen and oxygen atoms in total. The number of nitrogens with zero attached hydrogens (tertiary/aromatic N) is 3. The third-order valence-electron chi connectivity index (χ3n) is 2.70. The summed E-state index contributed by atoms with van der Waals surface area (Å²) in [5.41, 5.74) is 0. The van der Waals surface area contributed by atoms with Crippen LogP contribution in [0.3, 0.4) is 0 Å². The highest BCUT2D eigenvalue weighted by Gasteiger charge is 2.21. The van der Waals surface area contributed by atoms with Crippen LogP contribution in [-0.2, 0) is 4.74 Å². The molecule has 1 aromatic heterocycles. The minimum atomic E-state index is 0.194. The summed E-state index contributed by atoms with van der Waals surface area (Å²) in [6.07, 6.45) is 3.56. The first kappa shape index (κ1) is 12.1. The van der Waals surface area contributed by atoms with Gasteiger partial charge in [-0.05, 0) is 7.05 Å². The number of likely N-dealkylation sites (N-methyl/N-ethyl adjacent to an activating group) is 1. The molecule has 1 fully saturated rings. The average molecular weight is 238 g/mol. The summed E-state index contributed by atoms with van der Waals surface area (Å²) >= 11 is 0. The average Bonchev–Trinajstić information content (AvgIpc) is 2.40. The molecular formula is C11H18N4O2. The summed E-state index contributed by atoms with van der Waals surface area (Å²) in [4.78, 5) is 10.7. The minimum Gasteiger partial charge on any atom is -0.494 e. The summed E-state index contributed by atoms with van der Waals surface area (Å²) in [5, 5.41) is 3.12. The van der Waals surface area contributed by atoms with E-state index in [9.17, 15) is 0 Å². The number of hydrogen-bond acceptors (Lipinski definition) is 6. The van der Waals surface area contributed by atoms with Gasteiger partial charge in [-0.2, -0.15) is 0 Å². The fourth-order valence-electron chi connectivity index (χ4n) is 1.83. The lowest BCUT2D eigenvalue weighted by Gasteiger charge is -2.32. The Hall–Kier alpha value is -1.40. The third kappa shape index (κ3) is 3.04. The van der Waals surface area contributed by atoms with Gasteiger partial charge in [0.25, 0.3) is 0 Å². The van der Waals surface area contributed by atoms with Crippen LogP contribution in [0.4, 0.5) is 5.95 Å². The lowest BCUT2D eigenvalue weighted by molar-refractivity contribution is 0.0416. The van der Waals surface area contributed by atoms with E-state index in [4.69, 9.17) is 9.47 Å². The van der Waals surface area contributed by atoms with Crippen molar-refractivity contribution in [2.45, 2.75) is 6.10 Å². The van der Waals surface area contributed by atoms with Crippen LogP contribution in [0.5, 0.6) is 5.75 Å². The Morgan fingerprint density at radius 2 is 2.29 bits per heavy atom. The van der Waals surface area contributed by atoms with Gasteiger partial charge in [0.1, 0.15) is 0 Å². The zero-order valence-electron chi connectivity index (χ0n) is 10.2. The number of aromatic nitrogens is 2. The maximum atomic E-state index is 5.63. The van der Waals surface area contributed by atoms with E-state index in [0.717, 1.165) is 25.6 Å². The number of anilines is 1. The highest BCUT2D eigenvalue weighted by Crippen LogP contribution is 2.14. The van der Waals surface area contributed by atoms with Gasteiger partial charge >= 0.3 is 0 Å². The molecule has 1 aliphatic rings. The van der Waals surface area contributed by atoms with E-state index in [1.807, 2.05) is 7.05 Å². The molecule has 6 heteroatoms. The summed E-state index contributed by atoms with van der Waals surface area (Å²) in [6, 6.07) is 0. The largest absolute Gasteiger partial charge is 0.494 e. The van der Waals surface area contributed by atoms with Gasteiger partial charge in [0, 0.05) is 19.6 Å². The minimum absolute atomic E-state index is 0.194. The van der Waals surface area contributed by atoms with Crippen molar-refractivity contribution in [1.82, 2.24) is 15.3 Å². The van der Waals surface area contributed by atoms with Crippen LogP contribution < -0.4 is 15.0 Å². The molecule has 0 amide bonds. The smallest absolute Gasteiger partial charge is 0.225 e. The lowest BCUT2D eigenvalue weighted by atomic mass is 10.3. The van der Waals surface area contributed by atoms with Crippen molar-refractivity contribution in [3.05, 3.63) is 12.4 Å². The second-order valence-electron chi connectivity index (χ2n) is 3.92. The number of morpholine rings is 1. The van der Waals surface area contributed by atoms with Crippen molar-refractivity contribution >= 4 is 5.95 Å². The zero-order chi connectivity index (χ0) is 12.1. The van der Waals surface area contributed by atoms with Crippen LogP contribution in [0.25, 0.3) is 0 Å². The zero-order valence-corrected chi connectivity index (χ0v) is 10.2. The molecule has 2 heterocycles. The van der Waals surface area contributed by atoms with Crippen molar-refractivity contribution in [2.24, 2.45) is 0 Å². The van der Waals surface area contributed by atoms with E-state index in [0.29, 0.717) is 12.4 Å². The Labute approximate surface area is 101 Å². The van der Waals surface area contributed by atoms with Gasteiger partial charge in [0.05, 0.1) is 32.2 Å². The van der Waals surface area contributed by atoms with Crippen LogP contribution in [0.1, 0.15) is 0 Å². The molecule has 2 rings (SSSR count). The van der Waals surface area contributed by atoms with E-state index < -0.39 is 0 Å². The van der Waals surface area contributed by atoms with Crippen molar-refractivity contribution in [1.29, 1.82) is 0 Å². The number of rotatable bonds is 4. The Bertz CT molecular complexity index is 342. The van der Waals surface area contributed by atoms with E-state index in [-0.39, 0.29) is 6.10 Å². The Balaban J connectivity index is 2.00. The molecule has 0 aromatic carbocycles. The van der Waals surface area contributed by atoms with E-state index >= 15 is 0 Å². The van der Waals surface area contributed by atoms with Crippen LogP contribution in [-0.4, -0.2) is 56.5 Å². The van der Waals surface area contributed by atoms with Crippen LogP contribution >= 0.6 is 0 Å². The molecular weight excluding hydrogens is 220 g/mol. The molecule has 1 aliphatic heterocycles. The van der Waals surface area contributed by atoms with Crippen molar-refractivity contribution in [2.75, 3.05) is 45.3 Å². The Morgan fingerprint density at radius 1 is 1.53 bits per heavy atom. The first-order chi connectivity index (χ1) is 8.33. The number of nitrogens with one attached hydrogen (secondary N) is 1. The summed E-state index contributed by atoms with van der Waals surface area (Å²) in [5.74, 6) is 1.41. The van der Waals surface area contributed by atoms with Crippen molar-refractivity contribution in [3.8, 4) is 5.75 Å². The molecule has 1 atom stereocenters. The quantitative estimate of drug-likeness (QED) is 0.791. The molecule has 0 spiro atoms. The van der Waals surface area contributed by atoms with Gasteiger partial charge in [-0.1, -0.05) is 0 Å². The van der Waals surface area contributed by atoms with Gasteiger partial charge in [0.2, 0.25) is 5.95 Å². The fourth-order valence-corrected chi connectivity index (χ4v) is 1.83. The monoisotopic (exact) mass is 238 g/mol. The van der Waals surface area contributed by atoms with Crippen LogP contribution in [0.2, 0.25) is 0 Å². The van der Waals surface area contributed by atoms with Gasteiger partial charge in [0.15, 0.2) is 5.75 Å². The SMILES string of the molecule is CNCC1CN(c2ncc(OC)cn2)CCO1. The molecule has 0 aliphatic carbocycles. The predicted octanol–water partition coefficient (Wildman–Crippen LogP) is -0.0902. The highest BCUT2D eigenvalue weighted by atomic mass is 16.5. The topological polar surface area (TPSA) is 59.5 Å². The normalized spacial score (nSPS) is 20.4. The molecule has 1 aromatic rings. The first-order valence-electron chi connectivity index (χ1n) is 5.70. The maximum absolute atomic E-state index is 5.63. The standard InChI is InChI=1S/C11H18N4O2/c1-12-5-10-8-15(3-4-17-10)11-13-6-9(16-2)7-14-11/h6-7,10,12H,3-5,8H2,1-2H3. The highest BCUT2D eigenvalue weighted by molar-refractivity contribution is 5.32. The Morgan fingerprint density at radius 3 is 2.94 bits per heavy atom. The van der Waals surface area contributed by atoms with Crippen molar-refractivity contribution in [3.63, 3.8) is 0 Å². The molecule has 0 radical (unpaired) electrons. The molecule has 17 heavy (non-hydrogen) atoms. The second kappa shape index (κ2) is 5.79. The number of ether oxygens (including phenoxy) is 2. The summed E-state index contributed by atoms with van der Waals surface area (Å²) in [6.45, 7) is 3.19. The van der Waals surface area contributed by atoms with Crippen molar-refractivity contribution < 1.29 is 9.47 Å². The van der Waals surface area contributed by atoms with E-state index in [1.54, 1.807) is 19.5 Å². The molecule has 1 saturated heterocycles. The molecule has 1 unspecified atom stereocenters. The molecule has 94 valence electrons. The predicted molar refractivity (Wildman–Crippen MR) is 64.5 cm³/mol. The molecule has 1 N–H and O–H groups in total. The number of methoxy groups -OCH3 is 1. The second-order valence-corrected chi connectivity index (χ2v) is 3.92. The summed E-state index contributed by atoms with van der Waals surface area (Å²) in [7, 11) is 3.53. The van der Waals surface area contributed by atoms with Gasteiger partial charge < -0.3 is 19.7 Å². The Kier molecular flexibility index (Phi) is 4.11. The molecule has 0 bridgehead atoms. The number of hydrogen-bond donors (Lipinski definition) is 1. The molecule has 0 saturated carbocycles. The van der Waals surface area contributed by atoms with E-state index in [1.165, 1.54) is 0 Å². The van der Waals surface area contributed by atoms with Crippen LogP contribution in [0, 0.1) is 0 Å². The lowest BCUT2D eigenvalue weighted by Crippen LogP contribution is -2.46. The maximum Gasteiger partial charge on any atom is 0.225 e.